The van der Waals surface area contributed by atoms with E-state index in [0.717, 1.165) is 45.3 Å². The molecule has 4 heteroatoms. The summed E-state index contributed by atoms with van der Waals surface area (Å²) in [5, 5.41) is 9.41. The molecule has 0 aromatic heterocycles. The lowest BCUT2D eigenvalue weighted by Crippen LogP contribution is -2.29. The molecule has 0 aliphatic rings. The first kappa shape index (κ1) is 38.4. The van der Waals surface area contributed by atoms with E-state index in [1.807, 2.05) is 0 Å². The van der Waals surface area contributed by atoms with Crippen molar-refractivity contribution in [3.8, 4) is 0 Å². The maximum atomic E-state index is 12.4. The Bertz CT molecular complexity index is 473. The van der Waals surface area contributed by atoms with E-state index in [-0.39, 0.29) is 18.7 Å². The van der Waals surface area contributed by atoms with Crippen LogP contribution in [0.4, 0.5) is 0 Å². The minimum Gasteiger partial charge on any atom is -0.462 e. The number of aliphatic hydroxyl groups excluding tert-OH is 1. The molecule has 0 radical (unpaired) electrons. The zero-order chi connectivity index (χ0) is 28.7. The van der Waals surface area contributed by atoms with Gasteiger partial charge < -0.3 is 14.7 Å². The molecule has 0 spiro atoms. The van der Waals surface area contributed by atoms with E-state index < -0.39 is 0 Å². The number of hydrogen-bond donors (Lipinski definition) is 1. The molecule has 0 saturated heterocycles. The second-order valence-corrected chi connectivity index (χ2v) is 12.1. The summed E-state index contributed by atoms with van der Waals surface area (Å²) >= 11 is 0. The van der Waals surface area contributed by atoms with Crippen LogP contribution in [0.1, 0.15) is 188 Å². The third-order valence-corrected chi connectivity index (χ3v) is 8.16. The Kier molecular flexibility index (Phi) is 31.4. The van der Waals surface area contributed by atoms with Crippen LogP contribution in [0.3, 0.4) is 0 Å². The van der Waals surface area contributed by atoms with Crippen molar-refractivity contribution >= 4 is 5.97 Å². The average Bonchev–Trinajstić information content (AvgIpc) is 2.93. The SMILES string of the molecule is CCCCCCCCCCN(CCO)CCCCCCCCCC(=O)OC(CCCCCC)CCCCCC. The van der Waals surface area contributed by atoms with Crippen molar-refractivity contribution < 1.29 is 14.6 Å². The highest BCUT2D eigenvalue weighted by atomic mass is 16.5. The third-order valence-electron chi connectivity index (χ3n) is 8.16. The molecule has 0 amide bonds. The molecular weight excluding hydrogens is 482 g/mol. The summed E-state index contributed by atoms with van der Waals surface area (Å²) in [6.45, 7) is 10.1. The van der Waals surface area contributed by atoms with Crippen molar-refractivity contribution in [1.29, 1.82) is 0 Å². The summed E-state index contributed by atoms with van der Waals surface area (Å²) in [7, 11) is 0. The molecule has 0 bridgehead atoms. The van der Waals surface area contributed by atoms with E-state index in [2.05, 4.69) is 25.7 Å². The van der Waals surface area contributed by atoms with Gasteiger partial charge in [-0.05, 0) is 58.0 Å². The zero-order valence-electron chi connectivity index (χ0n) is 27.0. The number of carbonyl (C=O) groups is 1. The lowest BCUT2D eigenvalue weighted by atomic mass is 10.0. The predicted octanol–water partition coefficient (Wildman–Crippen LogP) is 10.4. The van der Waals surface area contributed by atoms with Gasteiger partial charge in [-0.1, -0.05) is 136 Å². The number of nitrogens with zero attached hydrogens (tertiary/aromatic N) is 1. The van der Waals surface area contributed by atoms with E-state index >= 15 is 0 Å². The van der Waals surface area contributed by atoms with Crippen LogP contribution in [0.25, 0.3) is 0 Å². The van der Waals surface area contributed by atoms with E-state index in [0.29, 0.717) is 6.42 Å². The number of aliphatic hydroxyl groups is 1. The first-order chi connectivity index (χ1) is 19.2. The number of hydrogen-bond acceptors (Lipinski definition) is 4. The van der Waals surface area contributed by atoms with Crippen molar-refractivity contribution in [2.24, 2.45) is 0 Å². The van der Waals surface area contributed by atoms with Crippen molar-refractivity contribution in [1.82, 2.24) is 4.90 Å². The molecule has 234 valence electrons. The second-order valence-electron chi connectivity index (χ2n) is 12.1. The normalized spacial score (nSPS) is 11.6. The van der Waals surface area contributed by atoms with Crippen molar-refractivity contribution in [2.75, 3.05) is 26.2 Å². The van der Waals surface area contributed by atoms with Gasteiger partial charge in [0.15, 0.2) is 0 Å². The monoisotopic (exact) mass is 554 g/mol. The van der Waals surface area contributed by atoms with E-state index in [1.165, 1.54) is 135 Å². The summed E-state index contributed by atoms with van der Waals surface area (Å²) < 4.78 is 5.91. The Balaban J connectivity index is 3.81. The molecule has 0 aliphatic carbocycles. The lowest BCUT2D eigenvalue weighted by Gasteiger charge is -2.21. The summed E-state index contributed by atoms with van der Waals surface area (Å²) in [6, 6.07) is 0. The third kappa shape index (κ3) is 28.7. The molecule has 0 aliphatic heterocycles. The molecule has 0 heterocycles. The fraction of sp³-hybridized carbons (Fsp3) is 0.971. The highest BCUT2D eigenvalue weighted by Gasteiger charge is 2.14. The van der Waals surface area contributed by atoms with Gasteiger partial charge in [-0.3, -0.25) is 4.79 Å². The van der Waals surface area contributed by atoms with Crippen LogP contribution in [0, 0.1) is 0 Å². The Morgan fingerprint density at radius 3 is 1.36 bits per heavy atom. The fourth-order valence-electron chi connectivity index (χ4n) is 5.54. The Morgan fingerprint density at radius 2 is 0.923 bits per heavy atom. The molecule has 0 aromatic rings. The minimum atomic E-state index is 0.0338. The molecule has 0 atom stereocenters. The van der Waals surface area contributed by atoms with Crippen molar-refractivity contribution in [3.05, 3.63) is 0 Å². The van der Waals surface area contributed by atoms with Gasteiger partial charge in [0.2, 0.25) is 0 Å². The summed E-state index contributed by atoms with van der Waals surface area (Å²) in [4.78, 5) is 14.9. The highest BCUT2D eigenvalue weighted by molar-refractivity contribution is 5.69. The van der Waals surface area contributed by atoms with Gasteiger partial charge in [0.25, 0.3) is 0 Å². The number of carbonyl (C=O) groups excluding carboxylic acids is 1. The topological polar surface area (TPSA) is 49.8 Å². The fourth-order valence-corrected chi connectivity index (χ4v) is 5.54. The van der Waals surface area contributed by atoms with Gasteiger partial charge in [-0.2, -0.15) is 0 Å². The molecule has 39 heavy (non-hydrogen) atoms. The van der Waals surface area contributed by atoms with Gasteiger partial charge >= 0.3 is 5.97 Å². The predicted molar refractivity (Wildman–Crippen MR) is 170 cm³/mol. The van der Waals surface area contributed by atoms with Crippen LogP contribution in [0.2, 0.25) is 0 Å². The largest absolute Gasteiger partial charge is 0.462 e. The van der Waals surface area contributed by atoms with Crippen LogP contribution in [-0.2, 0) is 9.53 Å². The standard InChI is InChI=1S/C35H71NO3/c1-4-7-10-13-14-17-20-25-30-36(32-33-37)31-26-21-18-15-16-19-24-29-35(38)39-34(27-22-11-8-5-2)28-23-12-9-6-3/h34,37H,4-33H2,1-3H3. The van der Waals surface area contributed by atoms with Crippen LogP contribution in [0.15, 0.2) is 0 Å². The number of unbranched alkanes of at least 4 members (excludes halogenated alkanes) is 19. The highest BCUT2D eigenvalue weighted by Crippen LogP contribution is 2.17. The van der Waals surface area contributed by atoms with Gasteiger partial charge in [0.1, 0.15) is 6.10 Å². The molecule has 0 saturated carbocycles. The molecular formula is C35H71NO3. The van der Waals surface area contributed by atoms with Crippen LogP contribution < -0.4 is 0 Å². The van der Waals surface area contributed by atoms with Crippen LogP contribution in [-0.4, -0.2) is 48.3 Å². The number of ether oxygens (including phenoxy) is 1. The first-order valence-electron chi connectivity index (χ1n) is 17.7. The van der Waals surface area contributed by atoms with Gasteiger partial charge in [-0.15, -0.1) is 0 Å². The first-order valence-corrected chi connectivity index (χ1v) is 17.7. The van der Waals surface area contributed by atoms with E-state index in [9.17, 15) is 9.90 Å². The quantitative estimate of drug-likeness (QED) is 0.0665. The van der Waals surface area contributed by atoms with Crippen molar-refractivity contribution in [2.45, 2.75) is 194 Å². The van der Waals surface area contributed by atoms with Gasteiger partial charge in [-0.25, -0.2) is 0 Å². The number of rotatable bonds is 32. The Hall–Kier alpha value is -0.610. The van der Waals surface area contributed by atoms with E-state index in [1.54, 1.807) is 0 Å². The van der Waals surface area contributed by atoms with Crippen LogP contribution in [0.5, 0.6) is 0 Å². The van der Waals surface area contributed by atoms with Gasteiger partial charge in [0, 0.05) is 13.0 Å². The minimum absolute atomic E-state index is 0.0338. The van der Waals surface area contributed by atoms with E-state index in [4.69, 9.17) is 4.74 Å². The number of esters is 1. The summed E-state index contributed by atoms with van der Waals surface area (Å²) in [6.07, 6.45) is 32.1. The summed E-state index contributed by atoms with van der Waals surface area (Å²) in [5.41, 5.74) is 0. The smallest absolute Gasteiger partial charge is 0.306 e. The second kappa shape index (κ2) is 31.9. The lowest BCUT2D eigenvalue weighted by molar-refractivity contribution is -0.150. The molecule has 1 N–H and O–H groups in total. The molecule has 0 unspecified atom stereocenters. The molecule has 4 nitrogen and oxygen atoms in total. The molecule has 0 rings (SSSR count). The Labute approximate surface area is 245 Å². The van der Waals surface area contributed by atoms with Crippen molar-refractivity contribution in [3.63, 3.8) is 0 Å². The zero-order valence-corrected chi connectivity index (χ0v) is 27.0. The van der Waals surface area contributed by atoms with Crippen LogP contribution >= 0.6 is 0 Å². The molecule has 0 aromatic carbocycles. The van der Waals surface area contributed by atoms with Gasteiger partial charge in [0.05, 0.1) is 6.61 Å². The molecule has 0 fully saturated rings. The maximum Gasteiger partial charge on any atom is 0.306 e. The maximum absolute atomic E-state index is 12.4. The Morgan fingerprint density at radius 1 is 0.538 bits per heavy atom. The summed E-state index contributed by atoms with van der Waals surface area (Å²) in [5.74, 6) is 0.0338. The average molecular weight is 554 g/mol.